The van der Waals surface area contributed by atoms with Crippen LogP contribution in [0.1, 0.15) is 24.6 Å². The molecule has 1 saturated heterocycles. The maximum absolute atomic E-state index is 5.73. The molecular formula is C15H20N4O2. The molecule has 6 nitrogen and oxygen atoms in total. The van der Waals surface area contributed by atoms with E-state index in [0.29, 0.717) is 23.6 Å². The molecule has 1 aliphatic heterocycles. The molecule has 0 saturated carbocycles. The van der Waals surface area contributed by atoms with Crippen LogP contribution in [0, 0.1) is 12.8 Å². The molecule has 2 aromatic rings. The van der Waals surface area contributed by atoms with Crippen LogP contribution in [-0.2, 0) is 6.54 Å². The van der Waals surface area contributed by atoms with Crippen molar-refractivity contribution < 1.29 is 9.15 Å². The second kappa shape index (κ2) is 6.67. The molecule has 1 aliphatic rings. The van der Waals surface area contributed by atoms with Crippen LogP contribution in [-0.4, -0.2) is 39.8 Å². The van der Waals surface area contributed by atoms with E-state index in [2.05, 4.69) is 20.1 Å². The molecule has 0 spiro atoms. The molecule has 0 N–H and O–H groups in total. The number of piperidine rings is 1. The molecule has 21 heavy (non-hydrogen) atoms. The lowest BCUT2D eigenvalue weighted by Gasteiger charge is -2.30. The van der Waals surface area contributed by atoms with Gasteiger partial charge in [-0.1, -0.05) is 6.07 Å². The highest BCUT2D eigenvalue weighted by atomic mass is 16.5. The van der Waals surface area contributed by atoms with E-state index in [1.165, 1.54) is 0 Å². The van der Waals surface area contributed by atoms with Gasteiger partial charge in [-0.3, -0.25) is 4.90 Å². The molecule has 6 heteroatoms. The molecule has 0 unspecified atom stereocenters. The zero-order valence-electron chi connectivity index (χ0n) is 12.2. The number of hydrogen-bond acceptors (Lipinski definition) is 6. The van der Waals surface area contributed by atoms with Gasteiger partial charge in [0.25, 0.3) is 0 Å². The standard InChI is InChI=1S/C15H20N4O2/c1-12-17-18-15(21-12)10-19-8-5-13(6-9-19)11-20-14-4-2-3-7-16-14/h2-4,7,13H,5-6,8-11H2,1H3. The molecule has 0 radical (unpaired) electrons. The number of hydrogen-bond donors (Lipinski definition) is 0. The van der Waals surface area contributed by atoms with E-state index in [-0.39, 0.29) is 0 Å². The summed E-state index contributed by atoms with van der Waals surface area (Å²) in [5.41, 5.74) is 0. The molecule has 0 bridgehead atoms. The summed E-state index contributed by atoms with van der Waals surface area (Å²) in [5.74, 6) is 2.63. The lowest BCUT2D eigenvalue weighted by atomic mass is 9.98. The number of aryl methyl sites for hydroxylation is 1. The van der Waals surface area contributed by atoms with Gasteiger partial charge in [-0.05, 0) is 37.9 Å². The first-order valence-electron chi connectivity index (χ1n) is 7.35. The van der Waals surface area contributed by atoms with E-state index in [1.807, 2.05) is 25.1 Å². The minimum atomic E-state index is 0.590. The first kappa shape index (κ1) is 14.0. The minimum absolute atomic E-state index is 0.590. The quantitative estimate of drug-likeness (QED) is 0.839. The highest BCUT2D eigenvalue weighted by Gasteiger charge is 2.21. The Balaban J connectivity index is 1.40. The third kappa shape index (κ3) is 4.01. The summed E-state index contributed by atoms with van der Waals surface area (Å²) >= 11 is 0. The lowest BCUT2D eigenvalue weighted by Crippen LogP contribution is -2.35. The van der Waals surface area contributed by atoms with Crippen LogP contribution in [0.15, 0.2) is 28.8 Å². The van der Waals surface area contributed by atoms with Gasteiger partial charge in [-0.2, -0.15) is 0 Å². The van der Waals surface area contributed by atoms with Crippen molar-refractivity contribution in [1.82, 2.24) is 20.1 Å². The van der Waals surface area contributed by atoms with E-state index >= 15 is 0 Å². The summed E-state index contributed by atoms with van der Waals surface area (Å²) in [7, 11) is 0. The maximum atomic E-state index is 5.73. The predicted molar refractivity (Wildman–Crippen MR) is 76.8 cm³/mol. The van der Waals surface area contributed by atoms with Crippen LogP contribution >= 0.6 is 0 Å². The first-order chi connectivity index (χ1) is 10.3. The van der Waals surface area contributed by atoms with Crippen molar-refractivity contribution in [1.29, 1.82) is 0 Å². The normalized spacial score (nSPS) is 17.0. The average Bonchev–Trinajstić information content (AvgIpc) is 2.93. The molecule has 0 amide bonds. The Bertz CT molecular complexity index is 550. The van der Waals surface area contributed by atoms with Gasteiger partial charge in [0.1, 0.15) is 0 Å². The third-order valence-corrected chi connectivity index (χ3v) is 3.74. The summed E-state index contributed by atoms with van der Waals surface area (Å²) in [4.78, 5) is 6.53. The van der Waals surface area contributed by atoms with E-state index in [0.717, 1.165) is 39.1 Å². The van der Waals surface area contributed by atoms with Gasteiger partial charge >= 0.3 is 0 Å². The van der Waals surface area contributed by atoms with Gasteiger partial charge in [-0.25, -0.2) is 4.98 Å². The topological polar surface area (TPSA) is 64.3 Å². The second-order valence-electron chi connectivity index (χ2n) is 5.41. The van der Waals surface area contributed by atoms with Crippen LogP contribution in [0.2, 0.25) is 0 Å². The Labute approximate surface area is 124 Å². The van der Waals surface area contributed by atoms with Gasteiger partial charge in [0.2, 0.25) is 17.7 Å². The Morgan fingerprint density at radius 1 is 1.29 bits per heavy atom. The third-order valence-electron chi connectivity index (χ3n) is 3.74. The molecule has 0 aliphatic carbocycles. The second-order valence-corrected chi connectivity index (χ2v) is 5.41. The SMILES string of the molecule is Cc1nnc(CN2CCC(COc3ccccn3)CC2)o1. The van der Waals surface area contributed by atoms with Gasteiger partial charge in [0.15, 0.2) is 0 Å². The van der Waals surface area contributed by atoms with Gasteiger partial charge in [0.05, 0.1) is 13.2 Å². The smallest absolute Gasteiger partial charge is 0.230 e. The summed E-state index contributed by atoms with van der Waals surface area (Å²) in [6.45, 7) is 5.38. The highest BCUT2D eigenvalue weighted by molar-refractivity contribution is 5.09. The van der Waals surface area contributed by atoms with Crippen LogP contribution in [0.3, 0.4) is 0 Å². The molecular weight excluding hydrogens is 268 g/mol. The van der Waals surface area contributed by atoms with Crippen molar-refractivity contribution in [2.75, 3.05) is 19.7 Å². The summed E-state index contributed by atoms with van der Waals surface area (Å²) in [5, 5.41) is 7.90. The zero-order chi connectivity index (χ0) is 14.5. The van der Waals surface area contributed by atoms with Crippen molar-refractivity contribution in [2.24, 2.45) is 5.92 Å². The molecule has 0 atom stereocenters. The fourth-order valence-corrected chi connectivity index (χ4v) is 2.54. The van der Waals surface area contributed by atoms with E-state index < -0.39 is 0 Å². The minimum Gasteiger partial charge on any atom is -0.477 e. The van der Waals surface area contributed by atoms with E-state index in [4.69, 9.17) is 9.15 Å². The Morgan fingerprint density at radius 2 is 2.14 bits per heavy atom. The average molecular weight is 288 g/mol. The number of pyridine rings is 1. The first-order valence-corrected chi connectivity index (χ1v) is 7.35. The molecule has 2 aromatic heterocycles. The fraction of sp³-hybridized carbons (Fsp3) is 0.533. The molecule has 112 valence electrons. The monoisotopic (exact) mass is 288 g/mol. The van der Waals surface area contributed by atoms with Crippen LogP contribution in [0.4, 0.5) is 0 Å². The summed E-state index contributed by atoms with van der Waals surface area (Å²) < 4.78 is 11.2. The van der Waals surface area contributed by atoms with E-state index in [1.54, 1.807) is 6.20 Å². The van der Waals surface area contributed by atoms with Gasteiger partial charge in [0, 0.05) is 19.2 Å². The van der Waals surface area contributed by atoms with E-state index in [9.17, 15) is 0 Å². The maximum Gasteiger partial charge on any atom is 0.230 e. The van der Waals surface area contributed by atoms with Crippen LogP contribution in [0.25, 0.3) is 0 Å². The fourth-order valence-electron chi connectivity index (χ4n) is 2.54. The Morgan fingerprint density at radius 3 is 2.81 bits per heavy atom. The van der Waals surface area contributed by atoms with Gasteiger partial charge < -0.3 is 9.15 Å². The van der Waals surface area contributed by atoms with Crippen LogP contribution < -0.4 is 4.74 Å². The Hall–Kier alpha value is -1.95. The Kier molecular flexibility index (Phi) is 4.45. The largest absolute Gasteiger partial charge is 0.477 e. The van der Waals surface area contributed by atoms with Crippen molar-refractivity contribution in [3.63, 3.8) is 0 Å². The number of rotatable bonds is 5. The van der Waals surface area contributed by atoms with Crippen molar-refractivity contribution in [3.05, 3.63) is 36.2 Å². The molecule has 3 heterocycles. The summed E-state index contributed by atoms with van der Waals surface area (Å²) in [6.07, 6.45) is 4.00. The molecule has 0 aromatic carbocycles. The molecule has 3 rings (SSSR count). The van der Waals surface area contributed by atoms with Gasteiger partial charge in [-0.15, -0.1) is 10.2 Å². The highest BCUT2D eigenvalue weighted by Crippen LogP contribution is 2.19. The number of nitrogens with zero attached hydrogens (tertiary/aromatic N) is 4. The zero-order valence-corrected chi connectivity index (χ0v) is 12.2. The van der Waals surface area contributed by atoms with Crippen LogP contribution in [0.5, 0.6) is 5.88 Å². The number of aromatic nitrogens is 3. The van der Waals surface area contributed by atoms with Crippen molar-refractivity contribution in [2.45, 2.75) is 26.3 Å². The lowest BCUT2D eigenvalue weighted by molar-refractivity contribution is 0.127. The predicted octanol–water partition coefficient (Wildman–Crippen LogP) is 2.06. The molecule has 1 fully saturated rings. The number of likely N-dealkylation sites (tertiary alicyclic amines) is 1. The van der Waals surface area contributed by atoms with Crippen molar-refractivity contribution >= 4 is 0 Å². The summed E-state index contributed by atoms with van der Waals surface area (Å²) in [6, 6.07) is 5.73. The van der Waals surface area contributed by atoms with Crippen molar-refractivity contribution in [3.8, 4) is 5.88 Å². The number of ether oxygens (including phenoxy) is 1.